The molecule has 0 spiro atoms. The molecule has 21 heavy (non-hydrogen) atoms. The van der Waals surface area contributed by atoms with Crippen LogP contribution in [0.15, 0.2) is 60.6 Å². The lowest BCUT2D eigenvalue weighted by molar-refractivity contribution is 1.25. The van der Waals surface area contributed by atoms with Gasteiger partial charge in [-0.2, -0.15) is 5.10 Å². The number of rotatable bonds is 2. The highest BCUT2D eigenvalue weighted by Gasteiger charge is 2.09. The minimum atomic E-state index is 0.800. The molecule has 0 unspecified atom stereocenters. The molecule has 2 N–H and O–H groups in total. The van der Waals surface area contributed by atoms with Gasteiger partial charge in [-0.15, -0.1) is 0 Å². The van der Waals surface area contributed by atoms with Crippen molar-refractivity contribution in [3.05, 3.63) is 66.6 Å². The van der Waals surface area contributed by atoms with E-state index in [1.165, 1.54) is 0 Å². The summed E-state index contributed by atoms with van der Waals surface area (Å²) in [5, 5.41) is 7.43. The number of aromatic nitrogens is 2. The van der Waals surface area contributed by atoms with Crippen LogP contribution in [0.5, 0.6) is 0 Å². The lowest BCUT2D eigenvalue weighted by atomic mass is 10.0. The minimum absolute atomic E-state index is 0.800. The van der Waals surface area contributed by atoms with Crippen LogP contribution in [0.2, 0.25) is 0 Å². The number of hydrogen-bond donors (Lipinski definition) is 2. The van der Waals surface area contributed by atoms with Gasteiger partial charge in [-0.1, -0.05) is 12.7 Å². The van der Waals surface area contributed by atoms with Crippen LogP contribution >= 0.6 is 0 Å². The quantitative estimate of drug-likeness (QED) is 0.886. The Bertz CT molecular complexity index is 729. The number of allylic oxidation sites excluding steroid dienone is 3. The smallest absolute Gasteiger partial charge is 0.125 e. The molecule has 3 heterocycles. The van der Waals surface area contributed by atoms with Crippen molar-refractivity contribution in [2.24, 2.45) is 5.10 Å². The third-order valence-electron chi connectivity index (χ3n) is 3.22. The standard InChI is InChI=1S/C16H15N5/c1-11-3-5-14(12-4-6-16(17-2)19-9-12)20-21-15-7-8-18-10-13(11)15/h3-10,21H,1H2,2H3,(H,17,19)/b5-3-,20-14+. The lowest BCUT2D eigenvalue weighted by Gasteiger charge is -2.12. The predicted molar refractivity (Wildman–Crippen MR) is 86.4 cm³/mol. The van der Waals surface area contributed by atoms with E-state index in [4.69, 9.17) is 0 Å². The van der Waals surface area contributed by atoms with E-state index in [0.717, 1.165) is 33.9 Å². The van der Waals surface area contributed by atoms with Gasteiger partial charge in [0.2, 0.25) is 0 Å². The van der Waals surface area contributed by atoms with E-state index in [1.807, 2.05) is 37.4 Å². The van der Waals surface area contributed by atoms with Gasteiger partial charge in [-0.25, -0.2) is 4.98 Å². The molecule has 0 amide bonds. The van der Waals surface area contributed by atoms with E-state index < -0.39 is 0 Å². The van der Waals surface area contributed by atoms with E-state index in [1.54, 1.807) is 18.6 Å². The molecule has 0 saturated carbocycles. The Balaban J connectivity index is 1.98. The molecular formula is C16H15N5. The number of nitrogens with zero attached hydrogens (tertiary/aromatic N) is 3. The highest BCUT2D eigenvalue weighted by Crippen LogP contribution is 2.24. The van der Waals surface area contributed by atoms with E-state index >= 15 is 0 Å². The van der Waals surface area contributed by atoms with Crippen molar-refractivity contribution in [2.75, 3.05) is 17.8 Å². The van der Waals surface area contributed by atoms with Crippen LogP contribution in [0.1, 0.15) is 11.1 Å². The SMILES string of the molecule is C=C1/C=C\C(c2ccc(NC)nc2)=N/Nc2ccncc21. The Hall–Kier alpha value is -2.95. The van der Waals surface area contributed by atoms with Crippen molar-refractivity contribution >= 4 is 22.8 Å². The summed E-state index contributed by atoms with van der Waals surface area (Å²) in [7, 11) is 1.84. The summed E-state index contributed by atoms with van der Waals surface area (Å²) in [5.74, 6) is 0.822. The van der Waals surface area contributed by atoms with Gasteiger partial charge in [0.25, 0.3) is 0 Å². The van der Waals surface area contributed by atoms with E-state index in [9.17, 15) is 0 Å². The lowest BCUT2D eigenvalue weighted by Crippen LogP contribution is -2.06. The average Bonchev–Trinajstić information content (AvgIpc) is 2.53. The summed E-state index contributed by atoms with van der Waals surface area (Å²) in [5.41, 5.74) is 7.52. The number of hydrazone groups is 1. The van der Waals surface area contributed by atoms with E-state index in [-0.39, 0.29) is 0 Å². The molecule has 0 atom stereocenters. The third-order valence-corrected chi connectivity index (χ3v) is 3.22. The van der Waals surface area contributed by atoms with Crippen molar-refractivity contribution < 1.29 is 0 Å². The van der Waals surface area contributed by atoms with Crippen LogP contribution in [0.4, 0.5) is 11.5 Å². The first-order chi connectivity index (χ1) is 10.3. The molecule has 104 valence electrons. The van der Waals surface area contributed by atoms with Crippen molar-refractivity contribution in [1.82, 2.24) is 9.97 Å². The van der Waals surface area contributed by atoms with Gasteiger partial charge >= 0.3 is 0 Å². The van der Waals surface area contributed by atoms with Crippen LogP contribution in [0.25, 0.3) is 5.57 Å². The Morgan fingerprint density at radius 2 is 2.05 bits per heavy atom. The number of fused-ring (bicyclic) bond motifs is 1. The zero-order valence-corrected chi connectivity index (χ0v) is 11.7. The first kappa shape index (κ1) is 13.1. The molecule has 0 aromatic carbocycles. The normalized spacial score (nSPS) is 17.6. The average molecular weight is 277 g/mol. The first-order valence-corrected chi connectivity index (χ1v) is 6.57. The molecule has 1 aliphatic rings. The second-order valence-electron chi connectivity index (χ2n) is 4.57. The number of nitrogens with one attached hydrogen (secondary N) is 2. The molecule has 0 bridgehead atoms. The van der Waals surface area contributed by atoms with Crippen LogP contribution in [-0.4, -0.2) is 22.7 Å². The third kappa shape index (κ3) is 2.67. The Morgan fingerprint density at radius 1 is 1.14 bits per heavy atom. The maximum absolute atomic E-state index is 4.44. The topological polar surface area (TPSA) is 62.2 Å². The number of pyridine rings is 2. The zero-order chi connectivity index (χ0) is 14.7. The van der Waals surface area contributed by atoms with E-state index in [2.05, 4.69) is 32.4 Å². The predicted octanol–water partition coefficient (Wildman–Crippen LogP) is 2.92. The van der Waals surface area contributed by atoms with Crippen molar-refractivity contribution in [3.8, 4) is 0 Å². The maximum atomic E-state index is 4.44. The van der Waals surface area contributed by atoms with Gasteiger partial charge in [0.05, 0.1) is 11.4 Å². The molecule has 0 saturated heterocycles. The van der Waals surface area contributed by atoms with Gasteiger partial charge in [-0.3, -0.25) is 10.4 Å². The van der Waals surface area contributed by atoms with Gasteiger partial charge < -0.3 is 5.32 Å². The molecule has 1 aliphatic heterocycles. The molecule has 0 aliphatic carbocycles. The molecular weight excluding hydrogens is 262 g/mol. The van der Waals surface area contributed by atoms with Gasteiger partial charge in [0.15, 0.2) is 0 Å². The summed E-state index contributed by atoms with van der Waals surface area (Å²) >= 11 is 0. The number of anilines is 2. The molecule has 0 fully saturated rings. The minimum Gasteiger partial charge on any atom is -0.373 e. The monoisotopic (exact) mass is 277 g/mol. The Kier molecular flexibility index (Phi) is 3.47. The summed E-state index contributed by atoms with van der Waals surface area (Å²) in [6.45, 7) is 4.07. The van der Waals surface area contributed by atoms with Crippen molar-refractivity contribution in [1.29, 1.82) is 0 Å². The molecule has 5 heteroatoms. The van der Waals surface area contributed by atoms with Crippen LogP contribution < -0.4 is 10.7 Å². The fourth-order valence-electron chi connectivity index (χ4n) is 2.03. The van der Waals surface area contributed by atoms with Crippen LogP contribution in [0.3, 0.4) is 0 Å². The van der Waals surface area contributed by atoms with E-state index in [0.29, 0.717) is 0 Å². The summed E-state index contributed by atoms with van der Waals surface area (Å²) in [4.78, 5) is 8.42. The van der Waals surface area contributed by atoms with Crippen LogP contribution in [0, 0.1) is 0 Å². The molecule has 5 nitrogen and oxygen atoms in total. The second-order valence-corrected chi connectivity index (χ2v) is 4.57. The largest absolute Gasteiger partial charge is 0.373 e. The van der Waals surface area contributed by atoms with Crippen molar-refractivity contribution in [2.45, 2.75) is 0 Å². The van der Waals surface area contributed by atoms with Crippen LogP contribution in [-0.2, 0) is 0 Å². The number of hydrogen-bond acceptors (Lipinski definition) is 5. The Morgan fingerprint density at radius 3 is 2.81 bits per heavy atom. The zero-order valence-electron chi connectivity index (χ0n) is 11.7. The van der Waals surface area contributed by atoms with Gasteiger partial charge in [0, 0.05) is 36.8 Å². The molecule has 2 aromatic heterocycles. The maximum Gasteiger partial charge on any atom is 0.125 e. The highest BCUT2D eigenvalue weighted by atomic mass is 15.3. The van der Waals surface area contributed by atoms with Crippen molar-refractivity contribution in [3.63, 3.8) is 0 Å². The highest BCUT2D eigenvalue weighted by molar-refractivity contribution is 6.10. The molecule has 2 aromatic rings. The molecule has 3 rings (SSSR count). The van der Waals surface area contributed by atoms with Gasteiger partial charge in [-0.05, 0) is 29.8 Å². The Labute approximate surface area is 123 Å². The summed E-state index contributed by atoms with van der Waals surface area (Å²) in [6.07, 6.45) is 9.14. The molecule has 0 radical (unpaired) electrons. The van der Waals surface area contributed by atoms with Gasteiger partial charge in [0.1, 0.15) is 5.82 Å². The second kappa shape index (κ2) is 5.58. The fraction of sp³-hybridized carbons (Fsp3) is 0.0625. The fourth-order valence-corrected chi connectivity index (χ4v) is 2.03. The summed E-state index contributed by atoms with van der Waals surface area (Å²) in [6, 6.07) is 5.77. The first-order valence-electron chi connectivity index (χ1n) is 6.57. The summed E-state index contributed by atoms with van der Waals surface area (Å²) < 4.78 is 0.